The Bertz CT molecular complexity index is 4010. The van der Waals surface area contributed by atoms with Crippen molar-refractivity contribution in [2.45, 2.75) is 17.7 Å². The molecule has 12 heteroatoms. The van der Waals surface area contributed by atoms with Crippen LogP contribution in [0.25, 0.3) is 134 Å². The van der Waals surface area contributed by atoms with E-state index < -0.39 is 17.7 Å². The van der Waals surface area contributed by atoms with Gasteiger partial charge in [-0.3, -0.25) is 0 Å². The van der Waals surface area contributed by atoms with Crippen LogP contribution in [0.5, 0.6) is 0 Å². The molecule has 13 aromatic rings. The third-order valence-electron chi connectivity index (χ3n) is 17.4. The van der Waals surface area contributed by atoms with Crippen LogP contribution < -0.4 is 27.4 Å². The molecule has 0 aliphatic carbocycles. The Hall–Kier alpha value is -8.64. The first-order valence-electron chi connectivity index (χ1n) is 22.0. The van der Waals surface area contributed by atoms with Gasteiger partial charge >= 0.3 is 50.8 Å². The maximum absolute atomic E-state index is 2.79. The summed E-state index contributed by atoms with van der Waals surface area (Å²) in [4.78, 5) is 0. The molecule has 12 nitrogen and oxygen atoms in total. The summed E-state index contributed by atoms with van der Waals surface area (Å²) in [5.41, 5.74) is 29.9. The topological polar surface area (TPSA) is 52.9 Å². The first kappa shape index (κ1) is 27.3. The van der Waals surface area contributed by atoms with E-state index in [4.69, 9.17) is 0 Å². The molecule has 63 heavy (non-hydrogen) atoms. The molecule has 22 rings (SSSR count). The zero-order valence-corrected chi connectivity index (χ0v) is 32.7. The van der Waals surface area contributed by atoms with Crippen LogP contribution >= 0.6 is 0 Å². The highest BCUT2D eigenvalue weighted by molar-refractivity contribution is 6.17. The van der Waals surface area contributed by atoms with Crippen molar-refractivity contribution in [1.82, 2.24) is 27.4 Å². The number of benzene rings is 4. The second-order valence-corrected chi connectivity index (χ2v) is 19.1. The van der Waals surface area contributed by atoms with Gasteiger partial charge in [0, 0.05) is 37.2 Å². The number of aromatic nitrogens is 12. The predicted molar refractivity (Wildman–Crippen MR) is 226 cm³/mol. The minimum absolute atomic E-state index is 0.842. The summed E-state index contributed by atoms with van der Waals surface area (Å²) in [6, 6.07) is 42.1. The summed E-state index contributed by atoms with van der Waals surface area (Å²) < 4.78 is 32.2. The quantitative estimate of drug-likeness (QED) is 0.123. The molecule has 4 aromatic carbocycles. The van der Waals surface area contributed by atoms with Crippen LogP contribution in [0.4, 0.5) is 0 Å². The van der Waals surface area contributed by atoms with Crippen LogP contribution in [0, 0.1) is 0 Å². The van der Waals surface area contributed by atoms with Gasteiger partial charge in [0.15, 0.2) is 0 Å². The van der Waals surface area contributed by atoms with Gasteiger partial charge in [0.2, 0.25) is 0 Å². The summed E-state index contributed by atoms with van der Waals surface area (Å²) in [5, 5.41) is 0. The zero-order chi connectivity index (χ0) is 39.3. The lowest BCUT2D eigenvalue weighted by Gasteiger charge is -2.33. The smallest absolute Gasteiger partial charge is 0.205 e. The average molecular weight is 805 g/mol. The fraction of sp³-hybridized carbons (Fsp3) is 0.0588. The van der Waals surface area contributed by atoms with Crippen LogP contribution in [0.15, 0.2) is 146 Å². The van der Waals surface area contributed by atoms with Crippen molar-refractivity contribution in [3.05, 3.63) is 146 Å². The van der Waals surface area contributed by atoms with Crippen LogP contribution in [-0.4, -0.2) is 27.4 Å². The Labute approximate surface area is 351 Å². The third kappa shape index (κ3) is 1.93. The second kappa shape index (κ2) is 7.32. The highest BCUT2D eigenvalue weighted by atomic mass is 15.7. The molecule has 9 aliphatic heterocycles. The van der Waals surface area contributed by atoms with Crippen molar-refractivity contribution in [3.63, 3.8) is 0 Å². The summed E-state index contributed by atoms with van der Waals surface area (Å²) in [7, 11) is 0. The van der Waals surface area contributed by atoms with E-state index in [-0.39, 0.29) is 0 Å². The average Bonchev–Trinajstić information content (AvgIpc) is 4.15. The molecule has 0 unspecified atom stereocenters. The first-order valence-corrected chi connectivity index (χ1v) is 22.0. The lowest BCUT2D eigenvalue weighted by Crippen LogP contribution is -2.82. The second-order valence-electron chi connectivity index (χ2n) is 19.1. The number of nitrogens with zero attached hydrogens (tertiary/aromatic N) is 12. The molecule has 0 amide bonds. The van der Waals surface area contributed by atoms with Crippen LogP contribution in [0.1, 0.15) is 0 Å². The molecule has 0 saturated heterocycles. The molecule has 9 aromatic heterocycles. The number of hydrogen-bond donors (Lipinski definition) is 0. The molecule has 0 bridgehead atoms. The Kier molecular flexibility index (Phi) is 3.17. The predicted octanol–water partition coefficient (Wildman–Crippen LogP) is 4.60. The van der Waals surface area contributed by atoms with E-state index >= 15 is 0 Å². The monoisotopic (exact) mass is 804 g/mol. The minimum atomic E-state index is -0.842. The maximum Gasteiger partial charge on any atom is 0.554 e. The van der Waals surface area contributed by atoms with Gasteiger partial charge < -0.3 is 0 Å². The highest BCUT2D eigenvalue weighted by Gasteiger charge is 2.84. The fourth-order valence-corrected chi connectivity index (χ4v) is 15.9. The molecular formula is C51H24N12+6. The first-order chi connectivity index (χ1) is 31.3. The Morgan fingerprint density at radius 2 is 0.397 bits per heavy atom. The van der Waals surface area contributed by atoms with E-state index in [1.54, 1.807) is 0 Å². The summed E-state index contributed by atoms with van der Waals surface area (Å²) >= 11 is 0. The van der Waals surface area contributed by atoms with Crippen LogP contribution in [0.3, 0.4) is 0 Å². The molecule has 0 N–H and O–H groups in total. The van der Waals surface area contributed by atoms with Gasteiger partial charge in [0.1, 0.15) is 0 Å². The standard InChI is InChI=1S/C51H24N12/c1-7-31-25-13-14-26-33-9-3-21-54(33)50-55-22-5-11-35(55)29-17-18-30-36-12-6-24-57(36)51-56-23-4-10-34(56)28-16-15-27-32-8-2-20-53(32)49(52(31)19-1)58-37(25)38(26)60(50)45-43(58)44-46(61(51)40(28)39(27)59(44)49)48-47(45)62(50)41(29)42(30)63(48)51/h1-24H/q+6. The number of fused-ring (bicyclic) bond motifs is 12. The lowest BCUT2D eigenvalue weighted by molar-refractivity contribution is -0.968. The van der Waals surface area contributed by atoms with Crippen molar-refractivity contribution in [1.29, 1.82) is 0 Å². The van der Waals surface area contributed by atoms with Gasteiger partial charge in [-0.15, -0.1) is 0 Å². The fourth-order valence-electron chi connectivity index (χ4n) is 15.9. The van der Waals surface area contributed by atoms with Crippen molar-refractivity contribution in [3.8, 4) is 67.5 Å². The third-order valence-corrected chi connectivity index (χ3v) is 17.4. The highest BCUT2D eigenvalue weighted by Crippen LogP contribution is 2.56. The Balaban J connectivity index is 1.21. The zero-order valence-electron chi connectivity index (χ0n) is 32.7. The van der Waals surface area contributed by atoms with Gasteiger partial charge in [-0.2, -0.15) is 0 Å². The van der Waals surface area contributed by atoms with Crippen LogP contribution in [-0.2, 0) is 17.7 Å². The molecule has 0 fully saturated rings. The van der Waals surface area contributed by atoms with Gasteiger partial charge in [0.05, 0.1) is 67.5 Å². The molecule has 3 spiro atoms. The minimum Gasteiger partial charge on any atom is -0.205 e. The van der Waals surface area contributed by atoms with Crippen molar-refractivity contribution in [2.75, 3.05) is 0 Å². The van der Waals surface area contributed by atoms with Gasteiger partial charge in [-0.1, -0.05) is 27.4 Å². The maximum atomic E-state index is 2.79. The van der Waals surface area contributed by atoms with E-state index in [0.29, 0.717) is 0 Å². The van der Waals surface area contributed by atoms with Gasteiger partial charge in [-0.05, 0) is 109 Å². The van der Waals surface area contributed by atoms with Gasteiger partial charge in [0.25, 0.3) is 33.1 Å². The van der Waals surface area contributed by atoms with Gasteiger partial charge in [-0.25, -0.2) is 27.4 Å². The Morgan fingerprint density at radius 1 is 0.222 bits per heavy atom. The van der Waals surface area contributed by atoms with E-state index in [0.717, 1.165) is 0 Å². The van der Waals surface area contributed by atoms with Crippen LogP contribution in [0.2, 0.25) is 0 Å². The molecule has 0 saturated carbocycles. The lowest BCUT2D eigenvalue weighted by atomic mass is 9.97. The van der Waals surface area contributed by atoms with E-state index in [1.807, 2.05) is 0 Å². The number of hydrogen-bond acceptors (Lipinski definition) is 0. The van der Waals surface area contributed by atoms with Crippen molar-refractivity contribution in [2.24, 2.45) is 0 Å². The molecule has 0 radical (unpaired) electrons. The molecule has 18 heterocycles. The summed E-state index contributed by atoms with van der Waals surface area (Å²) in [6.45, 7) is 0. The molecule has 9 aliphatic rings. The molecular weight excluding hydrogens is 781 g/mol. The van der Waals surface area contributed by atoms with E-state index in [2.05, 4.69) is 201 Å². The van der Waals surface area contributed by atoms with Crippen molar-refractivity contribution < 1.29 is 27.4 Å². The summed E-state index contributed by atoms with van der Waals surface area (Å²) in [5.74, 6) is -2.53. The van der Waals surface area contributed by atoms with E-state index in [9.17, 15) is 0 Å². The van der Waals surface area contributed by atoms with Crippen molar-refractivity contribution >= 4 is 66.2 Å². The normalized spacial score (nSPS) is 22.5. The number of rotatable bonds is 0. The van der Waals surface area contributed by atoms with E-state index in [1.165, 1.54) is 134 Å². The Morgan fingerprint density at radius 3 is 0.571 bits per heavy atom. The SMILES string of the molecule is c1cc2n(c1)C13n4cccc4-c4ccc5c6c4[n+]1c1c4c7c8c9c1[n+]6C1(n6cccc6-5)n5cccc5-c5ccc6c(c5[n+]91)[n+]8C1(n5cccc5-c5ccc-2c(c5[n+]71)[n+]43)n1cccc1-6. The molecule has 282 valence electrons. The summed E-state index contributed by atoms with van der Waals surface area (Å²) in [6.07, 6.45) is 14.0. The largest absolute Gasteiger partial charge is 0.554 e. The molecule has 0 atom stereocenters.